The van der Waals surface area contributed by atoms with Crippen LogP contribution in [0.5, 0.6) is 0 Å². The van der Waals surface area contributed by atoms with E-state index in [2.05, 4.69) is 31.5 Å². The number of morpholine rings is 1. The molecule has 4 heterocycles. The average molecular weight is 602 g/mol. The van der Waals surface area contributed by atoms with Crippen molar-refractivity contribution in [3.63, 3.8) is 0 Å². The standard InChI is InChI=1S/C29H37BrN4O5/c30-19-7-9-21(10-8-19)31-26(35)23-22-11-12-29(39-22)24(23)28(37)34(14-4-13-33-15-17-38-18-16-33)25(29)27(36)32-20-5-2-1-3-6-20/h7-12,20,22-25H,1-6,13-18H2,(H,31,35)(H,32,36)/t22-,23+,24-,25-,29-/m0/s1. The smallest absolute Gasteiger partial charge is 0.246 e. The Kier molecular flexibility index (Phi) is 7.81. The second-order valence-corrected chi connectivity index (χ2v) is 12.3. The molecule has 1 spiro atoms. The molecule has 5 aliphatic rings. The molecule has 1 aromatic rings. The summed E-state index contributed by atoms with van der Waals surface area (Å²) >= 11 is 3.42. The lowest BCUT2D eigenvalue weighted by molar-refractivity contribution is -0.141. The quantitative estimate of drug-likeness (QED) is 0.445. The van der Waals surface area contributed by atoms with Gasteiger partial charge in [0.25, 0.3) is 0 Å². The fourth-order valence-corrected chi connectivity index (χ4v) is 7.35. The number of anilines is 1. The molecule has 4 aliphatic heterocycles. The Labute approximate surface area is 237 Å². The molecule has 9 nitrogen and oxygen atoms in total. The topological polar surface area (TPSA) is 100 Å². The van der Waals surface area contributed by atoms with Crippen LogP contribution in [0.15, 0.2) is 40.9 Å². The molecule has 39 heavy (non-hydrogen) atoms. The Morgan fingerprint density at radius 2 is 1.77 bits per heavy atom. The summed E-state index contributed by atoms with van der Waals surface area (Å²) in [4.78, 5) is 45.6. The first-order valence-electron chi connectivity index (χ1n) is 14.3. The predicted octanol–water partition coefficient (Wildman–Crippen LogP) is 2.71. The fraction of sp³-hybridized carbons (Fsp3) is 0.621. The second-order valence-electron chi connectivity index (χ2n) is 11.4. The van der Waals surface area contributed by atoms with Crippen LogP contribution < -0.4 is 10.6 Å². The van der Waals surface area contributed by atoms with Gasteiger partial charge in [-0.2, -0.15) is 0 Å². The number of carbonyl (C=O) groups excluding carboxylic acids is 3. The van der Waals surface area contributed by atoms with Crippen molar-refractivity contribution in [2.75, 3.05) is 44.7 Å². The lowest BCUT2D eigenvalue weighted by Crippen LogP contribution is -2.56. The molecule has 1 aromatic carbocycles. The number of nitrogens with zero attached hydrogens (tertiary/aromatic N) is 2. The van der Waals surface area contributed by atoms with Crippen LogP contribution in [0.1, 0.15) is 38.5 Å². The summed E-state index contributed by atoms with van der Waals surface area (Å²) in [6, 6.07) is 6.68. The van der Waals surface area contributed by atoms with E-state index in [1.54, 1.807) is 4.90 Å². The molecule has 3 amide bonds. The molecule has 2 N–H and O–H groups in total. The van der Waals surface area contributed by atoms with E-state index in [1.807, 2.05) is 36.4 Å². The zero-order chi connectivity index (χ0) is 27.0. The molecule has 2 bridgehead atoms. The third kappa shape index (κ3) is 5.16. The number of carbonyl (C=O) groups is 3. The highest BCUT2D eigenvalue weighted by atomic mass is 79.9. The first-order chi connectivity index (χ1) is 19.0. The van der Waals surface area contributed by atoms with Gasteiger partial charge in [0, 0.05) is 42.4 Å². The summed E-state index contributed by atoms with van der Waals surface area (Å²) in [6.07, 6.45) is 9.26. The number of benzene rings is 1. The maximum Gasteiger partial charge on any atom is 0.246 e. The van der Waals surface area contributed by atoms with Crippen molar-refractivity contribution in [1.82, 2.24) is 15.1 Å². The maximum absolute atomic E-state index is 14.1. The minimum Gasteiger partial charge on any atom is -0.379 e. The minimum atomic E-state index is -1.12. The summed E-state index contributed by atoms with van der Waals surface area (Å²) in [5.41, 5.74) is -0.468. The van der Waals surface area contributed by atoms with Crippen LogP contribution >= 0.6 is 15.9 Å². The van der Waals surface area contributed by atoms with Gasteiger partial charge in [-0.25, -0.2) is 0 Å². The summed E-state index contributed by atoms with van der Waals surface area (Å²) in [5, 5.41) is 6.23. The van der Waals surface area contributed by atoms with Crippen LogP contribution in [0, 0.1) is 11.8 Å². The van der Waals surface area contributed by atoms with Gasteiger partial charge in [-0.05, 0) is 43.5 Å². The van der Waals surface area contributed by atoms with E-state index >= 15 is 0 Å². The molecule has 210 valence electrons. The van der Waals surface area contributed by atoms with Crippen LogP contribution in [0.3, 0.4) is 0 Å². The Morgan fingerprint density at radius 1 is 1.03 bits per heavy atom. The summed E-state index contributed by atoms with van der Waals surface area (Å²) in [7, 11) is 0. The third-order valence-electron chi connectivity index (χ3n) is 8.97. The number of ether oxygens (including phenoxy) is 2. The van der Waals surface area contributed by atoms with E-state index in [0.29, 0.717) is 12.2 Å². The number of hydrogen-bond acceptors (Lipinski definition) is 6. The van der Waals surface area contributed by atoms with Crippen molar-refractivity contribution < 1.29 is 23.9 Å². The highest BCUT2D eigenvalue weighted by Gasteiger charge is 2.72. The highest BCUT2D eigenvalue weighted by molar-refractivity contribution is 9.10. The van der Waals surface area contributed by atoms with Gasteiger partial charge in [0.1, 0.15) is 11.6 Å². The number of amides is 3. The maximum atomic E-state index is 14.1. The first-order valence-corrected chi connectivity index (χ1v) is 15.1. The molecule has 5 atom stereocenters. The van der Waals surface area contributed by atoms with Crippen LogP contribution in [0.25, 0.3) is 0 Å². The molecule has 6 rings (SSSR count). The molecule has 0 radical (unpaired) electrons. The lowest BCUT2D eigenvalue weighted by Gasteiger charge is -2.34. The van der Waals surface area contributed by atoms with Gasteiger partial charge in [0.05, 0.1) is 31.2 Å². The third-order valence-corrected chi connectivity index (χ3v) is 9.49. The average Bonchev–Trinajstić information content (AvgIpc) is 3.58. The zero-order valence-corrected chi connectivity index (χ0v) is 23.7. The molecule has 3 saturated heterocycles. The highest BCUT2D eigenvalue weighted by Crippen LogP contribution is 2.55. The van der Waals surface area contributed by atoms with Gasteiger partial charge in [0.15, 0.2) is 0 Å². The fourth-order valence-electron chi connectivity index (χ4n) is 7.08. The first kappa shape index (κ1) is 26.9. The predicted molar refractivity (Wildman–Crippen MR) is 149 cm³/mol. The van der Waals surface area contributed by atoms with Crippen molar-refractivity contribution in [1.29, 1.82) is 0 Å². The SMILES string of the molecule is O=C(Nc1ccc(Br)cc1)[C@@H]1[C@@H]2C=C[C@]3(O2)[C@@H]1C(=O)N(CCCN1CCOCC1)[C@H]3C(=O)NC1CCCCC1. The van der Waals surface area contributed by atoms with Gasteiger partial charge in [0.2, 0.25) is 17.7 Å². The van der Waals surface area contributed by atoms with Crippen molar-refractivity contribution in [2.45, 2.75) is 62.3 Å². The van der Waals surface area contributed by atoms with Gasteiger partial charge in [-0.3, -0.25) is 19.3 Å². The number of rotatable bonds is 8. The van der Waals surface area contributed by atoms with Crippen LogP contribution in [-0.4, -0.2) is 90.7 Å². The molecule has 0 unspecified atom stereocenters. The van der Waals surface area contributed by atoms with Crippen LogP contribution in [-0.2, 0) is 23.9 Å². The van der Waals surface area contributed by atoms with E-state index in [0.717, 1.165) is 69.4 Å². The number of fused-ring (bicyclic) bond motifs is 1. The van der Waals surface area contributed by atoms with E-state index in [1.165, 1.54) is 6.42 Å². The van der Waals surface area contributed by atoms with Gasteiger partial charge in [-0.15, -0.1) is 0 Å². The van der Waals surface area contributed by atoms with Crippen molar-refractivity contribution >= 4 is 39.3 Å². The van der Waals surface area contributed by atoms with Gasteiger partial charge in [-0.1, -0.05) is 47.3 Å². The molecular formula is C29H37BrN4O5. The molecule has 10 heteroatoms. The van der Waals surface area contributed by atoms with Gasteiger partial charge < -0.3 is 25.0 Å². The Hall–Kier alpha value is -2.27. The number of hydrogen-bond donors (Lipinski definition) is 2. The molecule has 0 aromatic heterocycles. The molecule has 1 saturated carbocycles. The van der Waals surface area contributed by atoms with E-state index in [-0.39, 0.29) is 23.8 Å². The van der Waals surface area contributed by atoms with E-state index in [4.69, 9.17) is 9.47 Å². The second kappa shape index (κ2) is 11.3. The van der Waals surface area contributed by atoms with Crippen molar-refractivity contribution in [2.24, 2.45) is 11.8 Å². The molecular weight excluding hydrogens is 564 g/mol. The van der Waals surface area contributed by atoms with Crippen molar-refractivity contribution in [3.8, 4) is 0 Å². The van der Waals surface area contributed by atoms with E-state index < -0.39 is 29.6 Å². The lowest BCUT2D eigenvalue weighted by atomic mass is 9.74. The van der Waals surface area contributed by atoms with Gasteiger partial charge >= 0.3 is 0 Å². The molecule has 4 fully saturated rings. The normalized spacial score (nSPS) is 32.4. The van der Waals surface area contributed by atoms with Crippen LogP contribution in [0.2, 0.25) is 0 Å². The number of halogens is 1. The number of likely N-dealkylation sites (tertiary alicyclic amines) is 1. The summed E-state index contributed by atoms with van der Waals surface area (Å²) in [6.45, 7) is 4.45. The summed E-state index contributed by atoms with van der Waals surface area (Å²) < 4.78 is 12.8. The molecule has 1 aliphatic carbocycles. The summed E-state index contributed by atoms with van der Waals surface area (Å²) in [5.74, 6) is -2.01. The Bertz CT molecular complexity index is 1120. The van der Waals surface area contributed by atoms with Crippen molar-refractivity contribution in [3.05, 3.63) is 40.9 Å². The Balaban J connectivity index is 1.23. The Morgan fingerprint density at radius 3 is 2.51 bits per heavy atom. The van der Waals surface area contributed by atoms with Crippen LogP contribution in [0.4, 0.5) is 5.69 Å². The zero-order valence-electron chi connectivity index (χ0n) is 22.1. The number of nitrogens with one attached hydrogen (secondary N) is 2. The minimum absolute atomic E-state index is 0.117. The largest absolute Gasteiger partial charge is 0.379 e. The monoisotopic (exact) mass is 600 g/mol. The van der Waals surface area contributed by atoms with E-state index in [9.17, 15) is 14.4 Å².